The molecule has 0 amide bonds. The standard InChI is InChI=1S/C16H19N3O2/c1-21-15-6-2-12(3-7-15)8-9-19-16(20)10-14(11-17-19)18-13-4-5-13/h2-3,6-7,10-11,13,18H,4-5,8-9H2,1H3. The second-order valence-electron chi connectivity index (χ2n) is 5.32. The van der Waals surface area contributed by atoms with E-state index in [0.29, 0.717) is 12.6 Å². The average Bonchev–Trinajstić information content (AvgIpc) is 3.31. The summed E-state index contributed by atoms with van der Waals surface area (Å²) in [6.45, 7) is 0.578. The third kappa shape index (κ3) is 3.62. The fourth-order valence-corrected chi connectivity index (χ4v) is 2.17. The van der Waals surface area contributed by atoms with Crippen LogP contribution in [0.4, 0.5) is 5.69 Å². The maximum atomic E-state index is 12.0. The van der Waals surface area contributed by atoms with Gasteiger partial charge in [0.15, 0.2) is 0 Å². The van der Waals surface area contributed by atoms with Crippen molar-refractivity contribution < 1.29 is 4.74 Å². The number of methoxy groups -OCH3 is 1. The van der Waals surface area contributed by atoms with E-state index in [1.165, 1.54) is 17.5 Å². The molecule has 1 saturated carbocycles. The van der Waals surface area contributed by atoms with Gasteiger partial charge in [-0.1, -0.05) is 12.1 Å². The van der Waals surface area contributed by atoms with E-state index < -0.39 is 0 Å². The molecular formula is C16H19N3O2. The Balaban J connectivity index is 1.62. The van der Waals surface area contributed by atoms with Crippen LogP contribution in [0.2, 0.25) is 0 Å². The number of aromatic nitrogens is 2. The topological polar surface area (TPSA) is 56.1 Å². The summed E-state index contributed by atoms with van der Waals surface area (Å²) in [5, 5.41) is 7.51. The number of ether oxygens (including phenoxy) is 1. The lowest BCUT2D eigenvalue weighted by Crippen LogP contribution is -2.23. The molecule has 5 nitrogen and oxygen atoms in total. The van der Waals surface area contributed by atoms with E-state index in [1.54, 1.807) is 19.4 Å². The van der Waals surface area contributed by atoms with Gasteiger partial charge in [-0.25, -0.2) is 4.68 Å². The van der Waals surface area contributed by atoms with Crippen molar-refractivity contribution in [1.29, 1.82) is 0 Å². The van der Waals surface area contributed by atoms with Gasteiger partial charge in [-0.05, 0) is 37.0 Å². The Kier molecular flexibility index (Phi) is 3.90. The van der Waals surface area contributed by atoms with E-state index in [-0.39, 0.29) is 5.56 Å². The number of aryl methyl sites for hydroxylation is 2. The molecule has 1 fully saturated rings. The molecule has 1 N–H and O–H groups in total. The summed E-state index contributed by atoms with van der Waals surface area (Å²) in [5.41, 5.74) is 1.92. The maximum Gasteiger partial charge on any atom is 0.268 e. The molecule has 0 radical (unpaired) electrons. The van der Waals surface area contributed by atoms with Gasteiger partial charge in [0, 0.05) is 18.7 Å². The average molecular weight is 285 g/mol. The van der Waals surface area contributed by atoms with Crippen molar-refractivity contribution in [3.8, 4) is 5.75 Å². The van der Waals surface area contributed by atoms with Gasteiger partial charge in [0.1, 0.15) is 5.75 Å². The molecule has 2 aromatic rings. The highest BCUT2D eigenvalue weighted by Crippen LogP contribution is 2.23. The maximum absolute atomic E-state index is 12.0. The van der Waals surface area contributed by atoms with Crippen LogP contribution in [0.15, 0.2) is 41.3 Å². The SMILES string of the molecule is COc1ccc(CCn2ncc(NC3CC3)cc2=O)cc1. The van der Waals surface area contributed by atoms with Gasteiger partial charge >= 0.3 is 0 Å². The van der Waals surface area contributed by atoms with E-state index in [1.807, 2.05) is 24.3 Å². The lowest BCUT2D eigenvalue weighted by atomic mass is 10.1. The zero-order chi connectivity index (χ0) is 14.7. The van der Waals surface area contributed by atoms with Gasteiger partial charge in [0.2, 0.25) is 0 Å². The van der Waals surface area contributed by atoms with Crippen LogP contribution in [0.1, 0.15) is 18.4 Å². The molecule has 0 atom stereocenters. The van der Waals surface area contributed by atoms with Crippen molar-refractivity contribution in [2.45, 2.75) is 31.8 Å². The summed E-state index contributed by atoms with van der Waals surface area (Å²) in [6, 6.07) is 10.0. The minimum Gasteiger partial charge on any atom is -0.497 e. The van der Waals surface area contributed by atoms with E-state index >= 15 is 0 Å². The Morgan fingerprint density at radius 3 is 2.71 bits per heavy atom. The van der Waals surface area contributed by atoms with Gasteiger partial charge in [-0.15, -0.1) is 0 Å². The Morgan fingerprint density at radius 2 is 2.10 bits per heavy atom. The number of hydrogen-bond acceptors (Lipinski definition) is 4. The Hall–Kier alpha value is -2.30. The fourth-order valence-electron chi connectivity index (χ4n) is 2.17. The molecule has 3 rings (SSSR count). The van der Waals surface area contributed by atoms with Gasteiger partial charge in [0.25, 0.3) is 5.56 Å². The molecule has 1 aromatic carbocycles. The molecule has 5 heteroatoms. The van der Waals surface area contributed by atoms with Crippen LogP contribution < -0.4 is 15.6 Å². The minimum absolute atomic E-state index is 0.0610. The predicted octanol–water partition coefficient (Wildman–Crippen LogP) is 2.07. The second kappa shape index (κ2) is 5.99. The summed E-state index contributed by atoms with van der Waals surface area (Å²) in [7, 11) is 1.65. The van der Waals surface area contributed by atoms with Crippen molar-refractivity contribution in [3.63, 3.8) is 0 Å². The van der Waals surface area contributed by atoms with Crippen LogP contribution in [0.3, 0.4) is 0 Å². The van der Waals surface area contributed by atoms with Gasteiger partial charge in [-0.3, -0.25) is 4.79 Å². The Labute approximate surface area is 123 Å². The third-order valence-electron chi connectivity index (χ3n) is 3.59. The third-order valence-corrected chi connectivity index (χ3v) is 3.59. The summed E-state index contributed by atoms with van der Waals surface area (Å²) in [5.74, 6) is 0.838. The van der Waals surface area contributed by atoms with Gasteiger partial charge in [-0.2, -0.15) is 5.10 Å². The highest BCUT2D eigenvalue weighted by Gasteiger charge is 2.20. The molecule has 21 heavy (non-hydrogen) atoms. The second-order valence-corrected chi connectivity index (χ2v) is 5.32. The Bertz CT molecular complexity index is 660. The van der Waals surface area contributed by atoms with Crippen molar-refractivity contribution in [2.24, 2.45) is 0 Å². The summed E-state index contributed by atoms with van der Waals surface area (Å²) in [4.78, 5) is 12.0. The molecule has 0 aliphatic heterocycles. The zero-order valence-electron chi connectivity index (χ0n) is 12.1. The number of hydrogen-bond donors (Lipinski definition) is 1. The van der Waals surface area contributed by atoms with E-state index in [0.717, 1.165) is 23.4 Å². The molecule has 110 valence electrons. The largest absolute Gasteiger partial charge is 0.497 e. The number of nitrogens with zero attached hydrogens (tertiary/aromatic N) is 2. The first kappa shape index (κ1) is 13.7. The molecule has 0 unspecified atom stereocenters. The molecule has 1 aliphatic rings. The van der Waals surface area contributed by atoms with Crippen LogP contribution in [-0.2, 0) is 13.0 Å². The molecule has 1 aromatic heterocycles. The number of anilines is 1. The van der Waals surface area contributed by atoms with Crippen LogP contribution in [0, 0.1) is 0 Å². The molecular weight excluding hydrogens is 266 g/mol. The number of benzene rings is 1. The summed E-state index contributed by atoms with van der Waals surface area (Å²) >= 11 is 0. The highest BCUT2D eigenvalue weighted by atomic mass is 16.5. The van der Waals surface area contributed by atoms with Crippen LogP contribution in [-0.4, -0.2) is 22.9 Å². The van der Waals surface area contributed by atoms with Crippen LogP contribution in [0.25, 0.3) is 0 Å². The fraction of sp³-hybridized carbons (Fsp3) is 0.375. The van der Waals surface area contributed by atoms with E-state index in [9.17, 15) is 4.79 Å². The van der Waals surface area contributed by atoms with E-state index in [4.69, 9.17) is 4.74 Å². The molecule has 1 aliphatic carbocycles. The molecule has 0 saturated heterocycles. The first-order valence-electron chi connectivity index (χ1n) is 7.21. The quantitative estimate of drug-likeness (QED) is 0.882. The summed E-state index contributed by atoms with van der Waals surface area (Å²) < 4.78 is 6.63. The summed E-state index contributed by atoms with van der Waals surface area (Å²) in [6.07, 6.45) is 4.86. The highest BCUT2D eigenvalue weighted by molar-refractivity contribution is 5.41. The first-order valence-corrected chi connectivity index (χ1v) is 7.21. The van der Waals surface area contributed by atoms with Gasteiger partial charge in [0.05, 0.1) is 19.0 Å². The Morgan fingerprint density at radius 1 is 1.33 bits per heavy atom. The molecule has 0 bridgehead atoms. The normalized spacial score (nSPS) is 14.0. The van der Waals surface area contributed by atoms with Gasteiger partial charge < -0.3 is 10.1 Å². The monoisotopic (exact) mass is 285 g/mol. The predicted molar refractivity (Wildman–Crippen MR) is 81.8 cm³/mol. The smallest absolute Gasteiger partial charge is 0.268 e. The molecule has 1 heterocycles. The lowest BCUT2D eigenvalue weighted by molar-refractivity contribution is 0.414. The van der Waals surface area contributed by atoms with Crippen LogP contribution >= 0.6 is 0 Å². The van der Waals surface area contributed by atoms with Crippen molar-refractivity contribution in [1.82, 2.24) is 9.78 Å². The van der Waals surface area contributed by atoms with Crippen molar-refractivity contribution in [3.05, 3.63) is 52.4 Å². The van der Waals surface area contributed by atoms with Crippen molar-refractivity contribution in [2.75, 3.05) is 12.4 Å². The minimum atomic E-state index is -0.0610. The number of rotatable bonds is 6. The van der Waals surface area contributed by atoms with E-state index in [2.05, 4.69) is 10.4 Å². The zero-order valence-corrected chi connectivity index (χ0v) is 12.1. The number of nitrogens with one attached hydrogen (secondary N) is 1. The van der Waals surface area contributed by atoms with Crippen molar-refractivity contribution >= 4 is 5.69 Å². The lowest BCUT2D eigenvalue weighted by Gasteiger charge is -2.08. The van der Waals surface area contributed by atoms with Crippen LogP contribution in [0.5, 0.6) is 5.75 Å². The first-order chi connectivity index (χ1) is 10.2. The molecule has 0 spiro atoms.